The second kappa shape index (κ2) is 9.70. The standard InChI is InChI=1S/C22H26ClFN4O3S/c23-16-12-14(5-7-17(16)24)28-21(31)15-6-4-13(11-18(15)26-22(28)32)20(30)25-8-2-10-27-9-1-3-19(27)29/h5,7,12-13,15,18H,1-4,6,8-11H2,(H,25,30)(H,26,32). The van der Waals surface area contributed by atoms with Crippen molar-refractivity contribution in [2.45, 2.75) is 44.6 Å². The van der Waals surface area contributed by atoms with E-state index < -0.39 is 5.82 Å². The highest BCUT2D eigenvalue weighted by molar-refractivity contribution is 7.80. The van der Waals surface area contributed by atoms with Crippen LogP contribution in [-0.4, -0.2) is 53.4 Å². The first-order chi connectivity index (χ1) is 15.3. The van der Waals surface area contributed by atoms with E-state index in [1.807, 2.05) is 4.90 Å². The van der Waals surface area contributed by atoms with Gasteiger partial charge in [-0.15, -0.1) is 0 Å². The van der Waals surface area contributed by atoms with Crippen LogP contribution in [0.4, 0.5) is 10.1 Å². The third-order valence-electron chi connectivity index (χ3n) is 6.51. The number of hydrogen-bond donors (Lipinski definition) is 2. The van der Waals surface area contributed by atoms with Crippen molar-refractivity contribution in [3.63, 3.8) is 0 Å². The number of halogens is 2. The number of hydrogen-bond acceptors (Lipinski definition) is 4. The van der Waals surface area contributed by atoms with Crippen molar-refractivity contribution in [1.29, 1.82) is 0 Å². The van der Waals surface area contributed by atoms with Gasteiger partial charge in [-0.1, -0.05) is 11.6 Å². The number of nitrogens with zero attached hydrogens (tertiary/aromatic N) is 2. The van der Waals surface area contributed by atoms with Gasteiger partial charge in [0.15, 0.2) is 5.11 Å². The van der Waals surface area contributed by atoms with Gasteiger partial charge in [-0.25, -0.2) is 4.39 Å². The number of fused-ring (bicyclic) bond motifs is 1. The Hall–Kier alpha value is -2.26. The molecule has 2 N–H and O–H groups in total. The molecule has 32 heavy (non-hydrogen) atoms. The van der Waals surface area contributed by atoms with E-state index in [4.69, 9.17) is 23.8 Å². The van der Waals surface area contributed by atoms with Crippen LogP contribution < -0.4 is 15.5 Å². The molecule has 1 aliphatic carbocycles. The Labute approximate surface area is 196 Å². The van der Waals surface area contributed by atoms with Gasteiger partial charge in [0.25, 0.3) is 0 Å². The number of rotatable bonds is 6. The first-order valence-corrected chi connectivity index (χ1v) is 11.8. The lowest BCUT2D eigenvalue weighted by Crippen LogP contribution is -2.62. The monoisotopic (exact) mass is 480 g/mol. The van der Waals surface area contributed by atoms with Gasteiger partial charge in [-0.2, -0.15) is 0 Å². The fraction of sp³-hybridized carbons (Fsp3) is 0.545. The molecule has 1 saturated carbocycles. The van der Waals surface area contributed by atoms with Crippen molar-refractivity contribution in [2.24, 2.45) is 11.8 Å². The van der Waals surface area contributed by atoms with Crippen LogP contribution in [-0.2, 0) is 14.4 Å². The molecule has 1 aromatic rings. The molecule has 2 aliphatic heterocycles. The van der Waals surface area contributed by atoms with Gasteiger partial charge >= 0.3 is 0 Å². The maximum atomic E-state index is 13.5. The third-order valence-corrected chi connectivity index (χ3v) is 7.10. The zero-order valence-corrected chi connectivity index (χ0v) is 19.2. The van der Waals surface area contributed by atoms with Gasteiger partial charge in [-0.3, -0.25) is 19.3 Å². The maximum Gasteiger partial charge on any atom is 0.238 e. The molecule has 0 bridgehead atoms. The van der Waals surface area contributed by atoms with Gasteiger partial charge in [0.1, 0.15) is 5.82 Å². The summed E-state index contributed by atoms with van der Waals surface area (Å²) in [6.07, 6.45) is 3.95. The van der Waals surface area contributed by atoms with Gasteiger partial charge < -0.3 is 15.5 Å². The van der Waals surface area contributed by atoms with Crippen molar-refractivity contribution >= 4 is 52.3 Å². The lowest BCUT2D eigenvalue weighted by atomic mass is 9.76. The normalized spacial score (nSPS) is 25.6. The average molecular weight is 481 g/mol. The Morgan fingerprint density at radius 1 is 1.31 bits per heavy atom. The van der Waals surface area contributed by atoms with Crippen LogP contribution >= 0.6 is 23.8 Å². The SMILES string of the molecule is O=C(NCCCN1CCCC1=O)C1CCC2C(=O)N(c3ccc(F)c(Cl)c3)C(=S)NC2C1. The smallest absolute Gasteiger partial charge is 0.238 e. The van der Waals surface area contributed by atoms with E-state index in [2.05, 4.69) is 10.6 Å². The summed E-state index contributed by atoms with van der Waals surface area (Å²) < 4.78 is 13.5. The predicted octanol–water partition coefficient (Wildman–Crippen LogP) is 2.61. The van der Waals surface area contributed by atoms with E-state index >= 15 is 0 Å². The van der Waals surface area contributed by atoms with Crippen LogP contribution in [0.2, 0.25) is 5.02 Å². The van der Waals surface area contributed by atoms with Gasteiger partial charge in [0, 0.05) is 38.0 Å². The molecule has 0 aromatic heterocycles. The van der Waals surface area contributed by atoms with Crippen molar-refractivity contribution in [2.75, 3.05) is 24.5 Å². The summed E-state index contributed by atoms with van der Waals surface area (Å²) in [7, 11) is 0. The fourth-order valence-corrected chi connectivity index (χ4v) is 5.31. The minimum absolute atomic E-state index is 0.0240. The largest absolute Gasteiger partial charge is 0.358 e. The van der Waals surface area contributed by atoms with E-state index in [1.165, 1.54) is 23.1 Å². The molecule has 7 nitrogen and oxygen atoms in total. The molecule has 3 atom stereocenters. The predicted molar refractivity (Wildman–Crippen MR) is 123 cm³/mol. The number of thiocarbonyl (C=S) groups is 1. The number of carbonyl (C=O) groups is 3. The summed E-state index contributed by atoms with van der Waals surface area (Å²) in [6.45, 7) is 2.00. The van der Waals surface area contributed by atoms with Crippen LogP contribution in [0.3, 0.4) is 0 Å². The van der Waals surface area contributed by atoms with E-state index in [-0.39, 0.29) is 45.7 Å². The Bertz CT molecular complexity index is 946. The molecule has 3 aliphatic rings. The minimum atomic E-state index is -0.560. The highest BCUT2D eigenvalue weighted by atomic mass is 35.5. The second-order valence-corrected chi connectivity index (χ2v) is 9.37. The van der Waals surface area contributed by atoms with Crippen LogP contribution in [0.15, 0.2) is 18.2 Å². The van der Waals surface area contributed by atoms with Crippen LogP contribution in [0.25, 0.3) is 0 Å². The summed E-state index contributed by atoms with van der Waals surface area (Å²) in [4.78, 5) is 40.6. The molecule has 3 fully saturated rings. The Morgan fingerprint density at radius 3 is 2.84 bits per heavy atom. The molecule has 4 rings (SSSR count). The molecule has 0 radical (unpaired) electrons. The second-order valence-electron chi connectivity index (χ2n) is 8.57. The van der Waals surface area contributed by atoms with Crippen molar-refractivity contribution in [3.05, 3.63) is 29.0 Å². The average Bonchev–Trinajstić information content (AvgIpc) is 3.17. The van der Waals surface area contributed by atoms with Crippen LogP contribution in [0.5, 0.6) is 0 Å². The van der Waals surface area contributed by atoms with Gasteiger partial charge in [0.05, 0.1) is 16.6 Å². The van der Waals surface area contributed by atoms with E-state index in [0.29, 0.717) is 44.5 Å². The van der Waals surface area contributed by atoms with Crippen LogP contribution in [0, 0.1) is 17.7 Å². The van der Waals surface area contributed by atoms with E-state index in [9.17, 15) is 18.8 Å². The summed E-state index contributed by atoms with van der Waals surface area (Å²) in [5, 5.41) is 6.33. The molecule has 3 amide bonds. The summed E-state index contributed by atoms with van der Waals surface area (Å²) in [5.74, 6) is -1.05. The minimum Gasteiger partial charge on any atom is -0.358 e. The van der Waals surface area contributed by atoms with E-state index in [0.717, 1.165) is 19.4 Å². The molecular formula is C22H26ClFN4O3S. The lowest BCUT2D eigenvalue weighted by Gasteiger charge is -2.43. The Kier molecular flexibility index (Phi) is 6.95. The number of likely N-dealkylation sites (tertiary alicyclic amines) is 1. The molecule has 0 spiro atoms. The zero-order chi connectivity index (χ0) is 22.8. The molecule has 2 saturated heterocycles. The summed E-state index contributed by atoms with van der Waals surface area (Å²) in [5.41, 5.74) is 0.425. The summed E-state index contributed by atoms with van der Waals surface area (Å²) >= 11 is 11.3. The topological polar surface area (TPSA) is 81.8 Å². The van der Waals surface area contributed by atoms with Crippen molar-refractivity contribution < 1.29 is 18.8 Å². The van der Waals surface area contributed by atoms with Crippen LogP contribution in [0.1, 0.15) is 38.5 Å². The highest BCUT2D eigenvalue weighted by Crippen LogP contribution is 2.35. The first-order valence-electron chi connectivity index (χ1n) is 11.0. The molecular weight excluding hydrogens is 455 g/mol. The van der Waals surface area contributed by atoms with Gasteiger partial charge in [-0.05, 0) is 62.5 Å². The lowest BCUT2D eigenvalue weighted by molar-refractivity contribution is -0.130. The van der Waals surface area contributed by atoms with Gasteiger partial charge in [0.2, 0.25) is 17.7 Å². The molecule has 1 aromatic carbocycles. The van der Waals surface area contributed by atoms with Crippen molar-refractivity contribution in [3.8, 4) is 0 Å². The number of nitrogens with one attached hydrogen (secondary N) is 2. The Morgan fingerprint density at radius 2 is 2.12 bits per heavy atom. The molecule has 172 valence electrons. The fourth-order valence-electron chi connectivity index (χ4n) is 4.79. The Balaban J connectivity index is 1.30. The summed E-state index contributed by atoms with van der Waals surface area (Å²) in [6, 6.07) is 3.86. The number of benzene rings is 1. The number of amides is 3. The molecule has 3 unspecified atom stereocenters. The quantitative estimate of drug-likeness (QED) is 0.483. The maximum absolute atomic E-state index is 13.5. The first kappa shape index (κ1) is 22.9. The zero-order valence-electron chi connectivity index (χ0n) is 17.6. The highest BCUT2D eigenvalue weighted by Gasteiger charge is 2.44. The molecule has 2 heterocycles. The van der Waals surface area contributed by atoms with Crippen molar-refractivity contribution in [1.82, 2.24) is 15.5 Å². The number of carbonyl (C=O) groups excluding carboxylic acids is 3. The van der Waals surface area contributed by atoms with E-state index in [1.54, 1.807) is 0 Å². The third kappa shape index (κ3) is 4.73. The molecule has 10 heteroatoms. The number of anilines is 1.